The second-order valence-electron chi connectivity index (χ2n) is 5.79. The van der Waals surface area contributed by atoms with E-state index in [4.69, 9.17) is 4.74 Å². The highest BCUT2D eigenvalue weighted by molar-refractivity contribution is 6.03. The van der Waals surface area contributed by atoms with E-state index >= 15 is 0 Å². The van der Waals surface area contributed by atoms with Gasteiger partial charge in [-0.1, -0.05) is 42.5 Å². The third-order valence-electron chi connectivity index (χ3n) is 3.73. The highest BCUT2D eigenvalue weighted by Gasteiger charge is 2.08. The molecule has 1 aromatic heterocycles. The molecule has 0 fully saturated rings. The van der Waals surface area contributed by atoms with Crippen molar-refractivity contribution in [1.82, 2.24) is 4.98 Å². The normalized spacial score (nSPS) is 13.1. The molecule has 1 heterocycles. The van der Waals surface area contributed by atoms with Gasteiger partial charge >= 0.3 is 0 Å². The van der Waals surface area contributed by atoms with Crippen LogP contribution < -0.4 is 10.1 Å². The van der Waals surface area contributed by atoms with Gasteiger partial charge in [0.05, 0.1) is 0 Å². The van der Waals surface area contributed by atoms with E-state index in [0.717, 1.165) is 17.6 Å². The lowest BCUT2D eigenvalue weighted by Gasteiger charge is -2.09. The van der Waals surface area contributed by atoms with Crippen LogP contribution >= 0.6 is 0 Å². The summed E-state index contributed by atoms with van der Waals surface area (Å²) >= 11 is 0. The number of benzene rings is 1. The minimum absolute atomic E-state index is 0.209. The number of hydrogen-bond donors (Lipinski definition) is 1. The van der Waals surface area contributed by atoms with E-state index in [1.54, 1.807) is 24.4 Å². The largest absolute Gasteiger partial charge is 0.489 e. The molecule has 1 aliphatic rings. The first-order valence-electron chi connectivity index (χ1n) is 8.20. The van der Waals surface area contributed by atoms with Gasteiger partial charge in [0.25, 0.3) is 5.91 Å². The number of nitrogens with one attached hydrogen (secondary N) is 1. The monoisotopic (exact) mass is 332 g/mol. The van der Waals surface area contributed by atoms with Crippen molar-refractivity contribution in [1.29, 1.82) is 0 Å². The van der Waals surface area contributed by atoms with Gasteiger partial charge in [-0.15, -0.1) is 0 Å². The molecule has 0 saturated heterocycles. The molecule has 0 aliphatic heterocycles. The Balaban J connectivity index is 1.63. The van der Waals surface area contributed by atoms with Gasteiger partial charge in [-0.3, -0.25) is 4.79 Å². The summed E-state index contributed by atoms with van der Waals surface area (Å²) in [6, 6.07) is 10.8. The van der Waals surface area contributed by atoms with Gasteiger partial charge in [0, 0.05) is 11.8 Å². The Morgan fingerprint density at radius 1 is 1.24 bits per heavy atom. The van der Waals surface area contributed by atoms with Crippen molar-refractivity contribution in [3.8, 4) is 5.75 Å². The summed E-state index contributed by atoms with van der Waals surface area (Å²) in [5, 5.41) is 2.79. The van der Waals surface area contributed by atoms with Crippen molar-refractivity contribution in [2.45, 2.75) is 13.3 Å². The molecule has 25 heavy (non-hydrogen) atoms. The summed E-state index contributed by atoms with van der Waals surface area (Å²) in [5.41, 5.74) is 2.70. The Bertz CT molecular complexity index is 833. The number of aryl methyl sites for hydroxylation is 1. The predicted molar refractivity (Wildman–Crippen MR) is 99.8 cm³/mol. The zero-order chi connectivity index (χ0) is 17.5. The van der Waals surface area contributed by atoms with Crippen LogP contribution in [0.4, 0.5) is 5.82 Å². The van der Waals surface area contributed by atoms with E-state index in [-0.39, 0.29) is 5.91 Å². The van der Waals surface area contributed by atoms with E-state index in [1.165, 1.54) is 0 Å². The molecule has 126 valence electrons. The van der Waals surface area contributed by atoms with Crippen molar-refractivity contribution in [3.63, 3.8) is 0 Å². The van der Waals surface area contributed by atoms with E-state index in [2.05, 4.69) is 22.5 Å². The lowest BCUT2D eigenvalue weighted by molar-refractivity contribution is 0.102. The van der Waals surface area contributed by atoms with E-state index in [1.807, 2.05) is 43.4 Å². The minimum atomic E-state index is -0.209. The first-order chi connectivity index (χ1) is 12.2. The van der Waals surface area contributed by atoms with Crippen LogP contribution in [0.3, 0.4) is 0 Å². The number of pyridine rings is 1. The van der Waals surface area contributed by atoms with Crippen molar-refractivity contribution in [2.75, 3.05) is 11.9 Å². The van der Waals surface area contributed by atoms with Crippen LogP contribution in [0.15, 0.2) is 78.5 Å². The standard InChI is InChI=1S/C21H20N2O2/c1-16-11-12-20(22-14-16)23-21(24)18-9-6-10-19(13-18)25-15-17-7-4-2-3-5-8-17/h2-4,6-14H,5,15H2,1H3,(H,22,23,24). The van der Waals surface area contributed by atoms with Crippen molar-refractivity contribution < 1.29 is 9.53 Å². The maximum absolute atomic E-state index is 12.4. The lowest BCUT2D eigenvalue weighted by atomic mass is 10.2. The zero-order valence-corrected chi connectivity index (χ0v) is 14.1. The van der Waals surface area contributed by atoms with Gasteiger partial charge in [-0.2, -0.15) is 0 Å². The van der Waals surface area contributed by atoms with Gasteiger partial charge in [-0.25, -0.2) is 4.98 Å². The maximum atomic E-state index is 12.4. The number of carbonyl (C=O) groups is 1. The molecule has 0 saturated carbocycles. The average Bonchev–Trinajstić information content (AvgIpc) is 2.91. The number of allylic oxidation sites excluding steroid dienone is 4. The van der Waals surface area contributed by atoms with Crippen LogP contribution in [0, 0.1) is 6.92 Å². The molecule has 1 aromatic carbocycles. The zero-order valence-electron chi connectivity index (χ0n) is 14.1. The molecule has 0 radical (unpaired) electrons. The summed E-state index contributed by atoms with van der Waals surface area (Å²) in [6.45, 7) is 2.43. The van der Waals surface area contributed by atoms with E-state index in [9.17, 15) is 4.79 Å². The van der Waals surface area contributed by atoms with Crippen LogP contribution in [0.2, 0.25) is 0 Å². The SMILES string of the molecule is Cc1ccc(NC(=O)c2cccc(OCC3=CCC=CC=C3)c2)nc1. The molecule has 0 spiro atoms. The number of nitrogens with zero attached hydrogens (tertiary/aromatic N) is 1. The van der Waals surface area contributed by atoms with Gasteiger partial charge in [0.2, 0.25) is 0 Å². The van der Waals surface area contributed by atoms with Crippen LogP contribution in [0.1, 0.15) is 22.3 Å². The second-order valence-corrected chi connectivity index (χ2v) is 5.79. The van der Waals surface area contributed by atoms with Gasteiger partial charge in [0.1, 0.15) is 18.2 Å². The molecule has 1 aliphatic carbocycles. The summed E-state index contributed by atoms with van der Waals surface area (Å²) in [6.07, 6.45) is 12.9. The molecule has 2 aromatic rings. The van der Waals surface area contributed by atoms with Crippen LogP contribution in [-0.4, -0.2) is 17.5 Å². The molecule has 0 bridgehead atoms. The van der Waals surface area contributed by atoms with Gasteiger partial charge < -0.3 is 10.1 Å². The quantitative estimate of drug-likeness (QED) is 0.879. The minimum Gasteiger partial charge on any atom is -0.489 e. The molecule has 3 rings (SSSR count). The number of rotatable bonds is 5. The fraction of sp³-hybridized carbons (Fsp3) is 0.143. The summed E-state index contributed by atoms with van der Waals surface area (Å²) in [4.78, 5) is 16.6. The molecular weight excluding hydrogens is 312 g/mol. The van der Waals surface area contributed by atoms with Crippen LogP contribution in [-0.2, 0) is 0 Å². The van der Waals surface area contributed by atoms with Gasteiger partial charge in [-0.05, 0) is 48.7 Å². The molecule has 4 nitrogen and oxygen atoms in total. The Morgan fingerprint density at radius 3 is 3.00 bits per heavy atom. The van der Waals surface area contributed by atoms with E-state index < -0.39 is 0 Å². The van der Waals surface area contributed by atoms with Crippen LogP contribution in [0.5, 0.6) is 5.75 Å². The summed E-state index contributed by atoms with van der Waals surface area (Å²) in [7, 11) is 0. The molecule has 1 N–H and O–H groups in total. The Labute approximate surface area is 147 Å². The number of amides is 1. The van der Waals surface area contributed by atoms with Crippen molar-refractivity contribution >= 4 is 11.7 Å². The number of anilines is 1. The number of carbonyl (C=O) groups excluding carboxylic acids is 1. The fourth-order valence-corrected chi connectivity index (χ4v) is 2.35. The number of ether oxygens (including phenoxy) is 1. The molecule has 0 atom stereocenters. The molecular formula is C21H20N2O2. The molecule has 4 heteroatoms. The third kappa shape index (κ3) is 4.91. The van der Waals surface area contributed by atoms with E-state index in [0.29, 0.717) is 23.7 Å². The smallest absolute Gasteiger partial charge is 0.256 e. The van der Waals surface area contributed by atoms with Crippen molar-refractivity contribution in [2.24, 2.45) is 0 Å². The number of aromatic nitrogens is 1. The van der Waals surface area contributed by atoms with Crippen molar-refractivity contribution in [3.05, 3.63) is 89.7 Å². The third-order valence-corrected chi connectivity index (χ3v) is 3.73. The molecule has 1 amide bonds. The van der Waals surface area contributed by atoms with Crippen LogP contribution in [0.25, 0.3) is 0 Å². The molecule has 0 unspecified atom stereocenters. The first kappa shape index (κ1) is 16.7. The lowest BCUT2D eigenvalue weighted by Crippen LogP contribution is -2.13. The fourth-order valence-electron chi connectivity index (χ4n) is 2.35. The summed E-state index contributed by atoms with van der Waals surface area (Å²) < 4.78 is 5.81. The Kier molecular flexibility index (Phi) is 5.42. The summed E-state index contributed by atoms with van der Waals surface area (Å²) in [5.74, 6) is 0.985. The van der Waals surface area contributed by atoms with Gasteiger partial charge in [0.15, 0.2) is 0 Å². The average molecular weight is 332 g/mol. The second kappa shape index (κ2) is 8.11. The maximum Gasteiger partial charge on any atom is 0.256 e. The highest BCUT2D eigenvalue weighted by atomic mass is 16.5. The predicted octanol–water partition coefficient (Wildman–Crippen LogP) is 4.46. The first-order valence-corrected chi connectivity index (χ1v) is 8.20. The number of hydrogen-bond acceptors (Lipinski definition) is 3. The topological polar surface area (TPSA) is 51.2 Å². The highest BCUT2D eigenvalue weighted by Crippen LogP contribution is 2.16. The Hall–Kier alpha value is -3.14. The Morgan fingerprint density at radius 2 is 2.16 bits per heavy atom.